The molecule has 2 nitrogen and oxygen atoms in total. The van der Waals surface area contributed by atoms with Gasteiger partial charge in [-0.3, -0.25) is 9.59 Å². The predicted octanol–water partition coefficient (Wildman–Crippen LogP) is 1.02. The van der Waals surface area contributed by atoms with E-state index in [0.717, 1.165) is 0 Å². The molecule has 0 amide bonds. The third kappa shape index (κ3) is 2.22. The summed E-state index contributed by atoms with van der Waals surface area (Å²) in [6.45, 7) is 3.42. The summed E-state index contributed by atoms with van der Waals surface area (Å²) in [5.74, 6) is 0. The van der Waals surface area contributed by atoms with Crippen LogP contribution < -0.4 is 0 Å². The zero-order chi connectivity index (χ0) is 7.28. The van der Waals surface area contributed by atoms with Crippen LogP contribution >= 0.6 is 0 Å². The number of hydrogen-bond donors (Lipinski definition) is 0. The lowest BCUT2D eigenvalue weighted by molar-refractivity contribution is -0.104. The van der Waals surface area contributed by atoms with Crippen LogP contribution in [0.25, 0.3) is 0 Å². The van der Waals surface area contributed by atoms with E-state index in [1.807, 2.05) is 6.92 Å². The second-order valence-electron chi connectivity index (χ2n) is 1.74. The summed E-state index contributed by atoms with van der Waals surface area (Å²) in [7, 11) is 0. The first-order chi connectivity index (χ1) is 4.26. The summed E-state index contributed by atoms with van der Waals surface area (Å²) in [5, 5.41) is 0. The van der Waals surface area contributed by atoms with Gasteiger partial charge in [0.1, 0.15) is 6.29 Å². The van der Waals surface area contributed by atoms with E-state index in [-0.39, 0.29) is 0 Å². The van der Waals surface area contributed by atoms with Crippen molar-refractivity contribution < 1.29 is 9.59 Å². The molecule has 0 saturated carbocycles. The number of carbonyl (C=O) groups is 1. The van der Waals surface area contributed by atoms with Crippen molar-refractivity contribution in [3.05, 3.63) is 11.1 Å². The van der Waals surface area contributed by atoms with E-state index in [1.165, 1.54) is 0 Å². The fourth-order valence-electron chi connectivity index (χ4n) is 0.503. The first kappa shape index (κ1) is 8.08. The Kier molecular flexibility index (Phi) is 3.60. The zero-order valence-electron chi connectivity index (χ0n) is 5.60. The van der Waals surface area contributed by atoms with E-state index >= 15 is 0 Å². The predicted molar refractivity (Wildman–Crippen MR) is 34.7 cm³/mol. The van der Waals surface area contributed by atoms with Gasteiger partial charge in [0.05, 0.1) is 0 Å². The minimum atomic E-state index is 0.463. The van der Waals surface area contributed by atoms with E-state index < -0.39 is 0 Å². The molecule has 49 valence electrons. The molecule has 0 aromatic rings. The SMILES string of the molecule is CCC([C]=O)=C(C)C=O. The lowest BCUT2D eigenvalue weighted by atomic mass is 10.1. The minimum absolute atomic E-state index is 0.463. The number of aldehydes is 1. The van der Waals surface area contributed by atoms with Gasteiger partial charge in [0.25, 0.3) is 0 Å². The Hall–Kier alpha value is -0.920. The van der Waals surface area contributed by atoms with E-state index in [0.29, 0.717) is 23.9 Å². The van der Waals surface area contributed by atoms with E-state index in [1.54, 1.807) is 13.2 Å². The van der Waals surface area contributed by atoms with Gasteiger partial charge in [-0.25, -0.2) is 0 Å². The number of rotatable bonds is 3. The molecule has 0 unspecified atom stereocenters. The van der Waals surface area contributed by atoms with Crippen LogP contribution in [0.3, 0.4) is 0 Å². The maximum atomic E-state index is 10.0. The molecule has 2 heteroatoms. The van der Waals surface area contributed by atoms with Crippen LogP contribution in [0.4, 0.5) is 0 Å². The third-order valence-corrected chi connectivity index (χ3v) is 1.13. The van der Waals surface area contributed by atoms with Crippen LogP contribution in [-0.2, 0) is 9.59 Å². The Morgan fingerprint density at radius 1 is 1.67 bits per heavy atom. The Labute approximate surface area is 54.6 Å². The maximum Gasteiger partial charge on any atom is 0.229 e. The van der Waals surface area contributed by atoms with Crippen LogP contribution in [0.5, 0.6) is 0 Å². The first-order valence-corrected chi connectivity index (χ1v) is 2.79. The largest absolute Gasteiger partial charge is 0.298 e. The van der Waals surface area contributed by atoms with Crippen molar-refractivity contribution in [2.24, 2.45) is 0 Å². The molecule has 0 bridgehead atoms. The van der Waals surface area contributed by atoms with Crippen LogP contribution in [-0.4, -0.2) is 12.6 Å². The fraction of sp³-hybridized carbons (Fsp3) is 0.429. The molecule has 0 aromatic heterocycles. The molecule has 0 aliphatic carbocycles. The third-order valence-electron chi connectivity index (χ3n) is 1.13. The molecule has 0 saturated heterocycles. The average Bonchev–Trinajstić information content (AvgIpc) is 1.90. The normalized spacial score (nSPS) is 12.2. The second kappa shape index (κ2) is 4.01. The lowest BCUT2D eigenvalue weighted by Crippen LogP contribution is -1.88. The van der Waals surface area contributed by atoms with Crippen LogP contribution in [0.15, 0.2) is 11.1 Å². The Morgan fingerprint density at radius 3 is 2.33 bits per heavy atom. The van der Waals surface area contributed by atoms with Gasteiger partial charge in [-0.15, -0.1) is 0 Å². The molecule has 0 N–H and O–H groups in total. The molecular weight excluding hydrogens is 116 g/mol. The average molecular weight is 125 g/mol. The second-order valence-corrected chi connectivity index (χ2v) is 1.74. The van der Waals surface area contributed by atoms with Crippen molar-refractivity contribution in [2.75, 3.05) is 0 Å². The molecule has 1 radical (unpaired) electrons. The van der Waals surface area contributed by atoms with Crippen molar-refractivity contribution in [3.8, 4) is 0 Å². The highest BCUT2D eigenvalue weighted by molar-refractivity contribution is 5.86. The summed E-state index contributed by atoms with van der Waals surface area (Å²) in [6, 6.07) is 0. The van der Waals surface area contributed by atoms with Gasteiger partial charge in [-0.1, -0.05) is 6.92 Å². The standard InChI is InChI=1S/C7H9O2/c1-3-7(5-9)6(2)4-8/h4H,3H2,1-2H3. The molecule has 0 aliphatic rings. The quantitative estimate of drug-likeness (QED) is 0.417. The van der Waals surface area contributed by atoms with Gasteiger partial charge in [0.2, 0.25) is 6.29 Å². The van der Waals surface area contributed by atoms with Crippen molar-refractivity contribution >= 4 is 12.6 Å². The summed E-state index contributed by atoms with van der Waals surface area (Å²) in [6.07, 6.45) is 2.95. The Bertz CT molecular complexity index is 145. The molecule has 0 aromatic carbocycles. The Morgan fingerprint density at radius 2 is 2.22 bits per heavy atom. The highest BCUT2D eigenvalue weighted by atomic mass is 16.1. The van der Waals surface area contributed by atoms with Gasteiger partial charge in [-0.2, -0.15) is 0 Å². The molecule has 0 spiro atoms. The summed E-state index contributed by atoms with van der Waals surface area (Å²) < 4.78 is 0. The molecule has 0 rings (SSSR count). The highest BCUT2D eigenvalue weighted by Gasteiger charge is 1.96. The fourth-order valence-corrected chi connectivity index (χ4v) is 0.503. The molecule has 0 atom stereocenters. The van der Waals surface area contributed by atoms with Gasteiger partial charge in [-0.05, 0) is 18.9 Å². The van der Waals surface area contributed by atoms with Gasteiger partial charge >= 0.3 is 0 Å². The van der Waals surface area contributed by atoms with Crippen LogP contribution in [0, 0.1) is 0 Å². The van der Waals surface area contributed by atoms with Gasteiger partial charge in [0.15, 0.2) is 0 Å². The Balaban J connectivity index is 4.36. The maximum absolute atomic E-state index is 10.0. The van der Waals surface area contributed by atoms with Gasteiger partial charge < -0.3 is 0 Å². The summed E-state index contributed by atoms with van der Waals surface area (Å²) in [5.41, 5.74) is 0.942. The van der Waals surface area contributed by atoms with Crippen molar-refractivity contribution in [1.29, 1.82) is 0 Å². The highest BCUT2D eigenvalue weighted by Crippen LogP contribution is 2.01. The molecule has 0 fully saturated rings. The lowest BCUT2D eigenvalue weighted by Gasteiger charge is -1.91. The molecule has 0 heterocycles. The van der Waals surface area contributed by atoms with Crippen LogP contribution in [0.1, 0.15) is 20.3 Å². The zero-order valence-corrected chi connectivity index (χ0v) is 5.60. The molecular formula is C7H9O2. The molecule has 9 heavy (non-hydrogen) atoms. The first-order valence-electron chi connectivity index (χ1n) is 2.79. The van der Waals surface area contributed by atoms with Crippen molar-refractivity contribution in [3.63, 3.8) is 0 Å². The smallest absolute Gasteiger partial charge is 0.229 e. The number of hydrogen-bond acceptors (Lipinski definition) is 2. The van der Waals surface area contributed by atoms with Crippen molar-refractivity contribution in [2.45, 2.75) is 20.3 Å². The topological polar surface area (TPSA) is 34.1 Å². The molecule has 0 aliphatic heterocycles. The number of carbonyl (C=O) groups excluding carboxylic acids is 2. The summed E-state index contributed by atoms with van der Waals surface area (Å²) in [4.78, 5) is 20.0. The monoisotopic (exact) mass is 125 g/mol. The van der Waals surface area contributed by atoms with Gasteiger partial charge in [0, 0.05) is 5.57 Å². The van der Waals surface area contributed by atoms with E-state index in [4.69, 9.17) is 0 Å². The van der Waals surface area contributed by atoms with Crippen LogP contribution in [0.2, 0.25) is 0 Å². The van der Waals surface area contributed by atoms with Crippen molar-refractivity contribution in [1.82, 2.24) is 0 Å². The summed E-state index contributed by atoms with van der Waals surface area (Å²) >= 11 is 0. The van der Waals surface area contributed by atoms with E-state index in [2.05, 4.69) is 0 Å². The number of allylic oxidation sites excluding steroid dienone is 2. The van der Waals surface area contributed by atoms with E-state index in [9.17, 15) is 9.59 Å². The minimum Gasteiger partial charge on any atom is -0.298 e.